The summed E-state index contributed by atoms with van der Waals surface area (Å²) in [5.74, 6) is -0.585. The topological polar surface area (TPSA) is 93.7 Å². The molecular weight excluding hydrogens is 511 g/mol. The van der Waals surface area contributed by atoms with E-state index in [0.29, 0.717) is 37.7 Å². The van der Waals surface area contributed by atoms with Crippen LogP contribution < -0.4 is 15.4 Å². The number of hydrogen-bond donors (Lipinski definition) is 2. The summed E-state index contributed by atoms with van der Waals surface area (Å²) in [5.41, 5.74) is 0.737. The Morgan fingerprint density at radius 3 is 2.57 bits per heavy atom. The fraction of sp³-hybridized carbons (Fsp3) is 0.480. The van der Waals surface area contributed by atoms with Crippen LogP contribution in [-0.2, 0) is 9.53 Å². The average Bonchev–Trinajstić information content (AvgIpc) is 3.14. The quantitative estimate of drug-likeness (QED) is 0.268. The fourth-order valence-electron chi connectivity index (χ4n) is 3.96. The number of halogens is 2. The number of amides is 2. The van der Waals surface area contributed by atoms with E-state index >= 15 is 0 Å². The van der Waals surface area contributed by atoms with E-state index in [0.717, 1.165) is 37.0 Å². The van der Waals surface area contributed by atoms with Crippen molar-refractivity contribution in [1.82, 2.24) is 5.32 Å². The minimum Gasteiger partial charge on any atom is -0.492 e. The van der Waals surface area contributed by atoms with Gasteiger partial charge in [-0.15, -0.1) is 11.3 Å². The molecule has 7 nitrogen and oxygen atoms in total. The van der Waals surface area contributed by atoms with Gasteiger partial charge < -0.3 is 20.1 Å². The van der Waals surface area contributed by atoms with Crippen LogP contribution in [0.5, 0.6) is 5.75 Å². The van der Waals surface area contributed by atoms with Crippen LogP contribution in [0.4, 0.5) is 5.00 Å². The van der Waals surface area contributed by atoms with Crippen LogP contribution in [0.1, 0.15) is 77.5 Å². The van der Waals surface area contributed by atoms with Crippen molar-refractivity contribution >= 4 is 57.3 Å². The molecule has 2 N–H and O–H groups in total. The van der Waals surface area contributed by atoms with Crippen molar-refractivity contribution in [3.63, 3.8) is 0 Å². The molecule has 190 valence electrons. The molecule has 10 heteroatoms. The number of carbonyl (C=O) groups excluding carboxylic acids is 3. The molecule has 2 amide bonds. The predicted octanol–water partition coefficient (Wildman–Crippen LogP) is 6.40. The van der Waals surface area contributed by atoms with Gasteiger partial charge in [0.1, 0.15) is 10.8 Å². The van der Waals surface area contributed by atoms with Crippen LogP contribution in [0, 0.1) is 6.92 Å². The highest BCUT2D eigenvalue weighted by Crippen LogP contribution is 2.34. The van der Waals surface area contributed by atoms with E-state index < -0.39 is 5.97 Å². The summed E-state index contributed by atoms with van der Waals surface area (Å²) in [6, 6.07) is 5.07. The second kappa shape index (κ2) is 13.1. The summed E-state index contributed by atoms with van der Waals surface area (Å²) in [7, 11) is 0. The highest BCUT2D eigenvalue weighted by Gasteiger charge is 2.28. The third-order valence-corrected chi connectivity index (χ3v) is 7.46. The number of hydrogen-bond acceptors (Lipinski definition) is 6. The molecule has 0 spiro atoms. The third kappa shape index (κ3) is 7.59. The zero-order chi connectivity index (χ0) is 25.4. The molecule has 35 heavy (non-hydrogen) atoms. The lowest BCUT2D eigenvalue weighted by Gasteiger charge is -2.22. The minimum absolute atomic E-state index is 0.135. The maximum Gasteiger partial charge on any atom is 0.341 e. The first-order chi connectivity index (χ1) is 16.8. The molecule has 0 bridgehead atoms. The molecule has 1 saturated carbocycles. The Labute approximate surface area is 219 Å². The monoisotopic (exact) mass is 540 g/mol. The second-order valence-electron chi connectivity index (χ2n) is 8.36. The molecule has 1 aromatic carbocycles. The summed E-state index contributed by atoms with van der Waals surface area (Å²) in [6.07, 6.45) is 5.87. The van der Waals surface area contributed by atoms with Gasteiger partial charge in [-0.25, -0.2) is 4.79 Å². The summed E-state index contributed by atoms with van der Waals surface area (Å²) in [6.45, 7) is 3.88. The van der Waals surface area contributed by atoms with Gasteiger partial charge in [0.05, 0.1) is 28.7 Å². The lowest BCUT2D eigenvalue weighted by molar-refractivity contribution is -0.116. The Bertz CT molecular complexity index is 1070. The fourth-order valence-corrected chi connectivity index (χ4v) is 5.54. The molecule has 2 aromatic rings. The number of thiophene rings is 1. The molecule has 3 rings (SSSR count). The first kappa shape index (κ1) is 27.3. The van der Waals surface area contributed by atoms with Crippen molar-refractivity contribution in [3.8, 4) is 5.75 Å². The van der Waals surface area contributed by atoms with Crippen molar-refractivity contribution in [2.24, 2.45) is 0 Å². The molecule has 1 fully saturated rings. The Hall–Kier alpha value is -2.29. The van der Waals surface area contributed by atoms with Crippen LogP contribution >= 0.6 is 34.5 Å². The van der Waals surface area contributed by atoms with E-state index in [-0.39, 0.29) is 43.1 Å². The summed E-state index contributed by atoms with van der Waals surface area (Å²) in [4.78, 5) is 38.6. The van der Waals surface area contributed by atoms with Gasteiger partial charge in [-0.1, -0.05) is 42.5 Å². The smallest absolute Gasteiger partial charge is 0.341 e. The number of esters is 1. The van der Waals surface area contributed by atoms with Crippen molar-refractivity contribution < 1.29 is 23.9 Å². The lowest BCUT2D eigenvalue weighted by atomic mass is 9.95. The van der Waals surface area contributed by atoms with Crippen LogP contribution in [-0.4, -0.2) is 37.0 Å². The Morgan fingerprint density at radius 1 is 1.14 bits per heavy atom. The van der Waals surface area contributed by atoms with E-state index in [9.17, 15) is 14.4 Å². The predicted molar refractivity (Wildman–Crippen MR) is 139 cm³/mol. The molecule has 1 aliphatic carbocycles. The average molecular weight is 541 g/mol. The lowest BCUT2D eigenvalue weighted by Crippen LogP contribution is -2.36. The molecule has 0 atom stereocenters. The minimum atomic E-state index is -0.561. The number of ether oxygens (including phenoxy) is 2. The van der Waals surface area contributed by atoms with Gasteiger partial charge in [-0.05, 0) is 56.9 Å². The number of nitrogens with one attached hydrogen (secondary N) is 2. The maximum absolute atomic E-state index is 13.0. The van der Waals surface area contributed by atoms with Gasteiger partial charge in [-0.2, -0.15) is 0 Å². The number of anilines is 1. The Morgan fingerprint density at radius 2 is 1.89 bits per heavy atom. The molecule has 0 aliphatic heterocycles. The number of rotatable bonds is 10. The summed E-state index contributed by atoms with van der Waals surface area (Å²) < 4.78 is 10.8. The van der Waals surface area contributed by atoms with Crippen molar-refractivity contribution in [3.05, 3.63) is 44.2 Å². The van der Waals surface area contributed by atoms with Gasteiger partial charge in [-0.3, -0.25) is 9.59 Å². The molecule has 0 unspecified atom stereocenters. The first-order valence-corrected chi connectivity index (χ1v) is 13.4. The molecule has 1 heterocycles. The van der Waals surface area contributed by atoms with Crippen LogP contribution in [0.2, 0.25) is 10.0 Å². The summed E-state index contributed by atoms with van der Waals surface area (Å²) >= 11 is 13.1. The standard InChI is InChI=1S/C25H30Cl2N2O5S/c1-3-33-25(32)21-15(2)22(23(31)28-17-8-5-4-6-9-17)35-24(21)29-20(30)10-7-13-34-19-12-11-16(26)14-18(19)27/h11-12,14,17H,3-10,13H2,1-2H3,(H,28,31)(H,29,30). The maximum atomic E-state index is 13.0. The van der Waals surface area contributed by atoms with E-state index in [4.69, 9.17) is 32.7 Å². The van der Waals surface area contributed by atoms with Crippen molar-refractivity contribution in [1.29, 1.82) is 0 Å². The molecular formula is C25H30Cl2N2O5S. The van der Waals surface area contributed by atoms with Crippen molar-refractivity contribution in [2.45, 2.75) is 64.8 Å². The van der Waals surface area contributed by atoms with Gasteiger partial charge in [0.15, 0.2) is 0 Å². The number of benzene rings is 1. The molecule has 1 aromatic heterocycles. The highest BCUT2D eigenvalue weighted by atomic mass is 35.5. The summed E-state index contributed by atoms with van der Waals surface area (Å²) in [5, 5.41) is 7.09. The third-order valence-electron chi connectivity index (χ3n) is 5.73. The highest BCUT2D eigenvalue weighted by molar-refractivity contribution is 7.18. The molecule has 1 aliphatic rings. The van der Waals surface area contributed by atoms with Crippen LogP contribution in [0.25, 0.3) is 0 Å². The molecule has 0 radical (unpaired) electrons. The Balaban J connectivity index is 1.63. The van der Waals surface area contributed by atoms with E-state index in [2.05, 4.69) is 10.6 Å². The van der Waals surface area contributed by atoms with Gasteiger partial charge in [0, 0.05) is 17.5 Å². The zero-order valence-corrected chi connectivity index (χ0v) is 22.2. The SMILES string of the molecule is CCOC(=O)c1c(NC(=O)CCCOc2ccc(Cl)cc2Cl)sc(C(=O)NC2CCCCC2)c1C. The van der Waals surface area contributed by atoms with Crippen LogP contribution in [0.3, 0.4) is 0 Å². The van der Waals surface area contributed by atoms with E-state index in [1.165, 1.54) is 6.42 Å². The van der Waals surface area contributed by atoms with Crippen molar-refractivity contribution in [2.75, 3.05) is 18.5 Å². The van der Waals surface area contributed by atoms with Gasteiger partial charge >= 0.3 is 5.97 Å². The largest absolute Gasteiger partial charge is 0.492 e. The Kier molecular flexibility index (Phi) is 10.2. The van der Waals surface area contributed by atoms with E-state index in [1.54, 1.807) is 32.0 Å². The first-order valence-electron chi connectivity index (χ1n) is 11.8. The van der Waals surface area contributed by atoms with E-state index in [1.807, 2.05) is 0 Å². The van der Waals surface area contributed by atoms with Gasteiger partial charge in [0.25, 0.3) is 5.91 Å². The normalized spacial score (nSPS) is 13.8. The molecule has 0 saturated heterocycles. The van der Waals surface area contributed by atoms with Gasteiger partial charge in [0.2, 0.25) is 5.91 Å². The van der Waals surface area contributed by atoms with Crippen LogP contribution in [0.15, 0.2) is 18.2 Å². The second-order valence-corrected chi connectivity index (χ2v) is 10.2. The zero-order valence-electron chi connectivity index (χ0n) is 19.9. The number of carbonyl (C=O) groups is 3.